The molecule has 3 aromatic rings. The number of thiophene rings is 1. The van der Waals surface area contributed by atoms with Crippen LogP contribution in [0.2, 0.25) is 0 Å². The van der Waals surface area contributed by atoms with E-state index in [1.807, 2.05) is 0 Å². The van der Waals surface area contributed by atoms with Gasteiger partial charge in [0, 0.05) is 10.9 Å². The van der Waals surface area contributed by atoms with Gasteiger partial charge < -0.3 is 5.32 Å². The van der Waals surface area contributed by atoms with E-state index in [2.05, 4.69) is 17.2 Å². The molecule has 0 fully saturated rings. The lowest BCUT2D eigenvalue weighted by atomic mass is 9.89. The summed E-state index contributed by atoms with van der Waals surface area (Å²) in [6.45, 7) is 1.90. The number of halogens is 2. The average molecular weight is 389 g/mol. The maximum absolute atomic E-state index is 13.7. The summed E-state index contributed by atoms with van der Waals surface area (Å²) in [5.74, 6) is -1.59. The van der Waals surface area contributed by atoms with Crippen molar-refractivity contribution in [3.8, 4) is 0 Å². The molecule has 4 rings (SSSR count). The molecule has 0 saturated carbocycles. The van der Waals surface area contributed by atoms with Crippen LogP contribution in [0.4, 0.5) is 14.5 Å². The number of hydrogen-bond acceptors (Lipinski definition) is 4. The highest BCUT2D eigenvalue weighted by Crippen LogP contribution is 2.35. The van der Waals surface area contributed by atoms with Crippen LogP contribution in [0, 0.1) is 17.6 Å². The molecule has 1 aliphatic carbocycles. The van der Waals surface area contributed by atoms with Gasteiger partial charge in [-0.05, 0) is 42.9 Å². The highest BCUT2D eigenvalue weighted by molar-refractivity contribution is 7.18. The molecule has 0 unspecified atom stereocenters. The molecule has 1 N–H and O–H groups in total. The van der Waals surface area contributed by atoms with Crippen LogP contribution in [0.25, 0.3) is 10.2 Å². The maximum Gasteiger partial charge on any atom is 0.262 e. The van der Waals surface area contributed by atoms with Gasteiger partial charge in [-0.25, -0.2) is 13.8 Å². The fourth-order valence-corrected chi connectivity index (χ4v) is 4.75. The third-order valence-corrected chi connectivity index (χ3v) is 5.96. The second-order valence-corrected chi connectivity index (χ2v) is 7.97. The molecule has 2 aromatic heterocycles. The van der Waals surface area contributed by atoms with Crippen molar-refractivity contribution in [1.29, 1.82) is 0 Å². The number of rotatable bonds is 3. The van der Waals surface area contributed by atoms with Crippen LogP contribution in [0.15, 0.2) is 29.3 Å². The molecule has 1 atom stereocenters. The standard InChI is InChI=1S/C19H17F2N3O2S/c1-10-2-4-12-15(6-10)27-18-17(12)19(26)24(9-22-18)8-16(25)23-14-5-3-11(20)7-13(14)21/h3,5,7,9-10H,2,4,6,8H2,1H3,(H,23,25)/t10-/m1/s1. The largest absolute Gasteiger partial charge is 0.322 e. The first-order chi connectivity index (χ1) is 12.9. The number of aryl methyl sites for hydroxylation is 1. The van der Waals surface area contributed by atoms with Gasteiger partial charge in [0.1, 0.15) is 23.0 Å². The Labute approximate surface area is 157 Å². The molecule has 0 radical (unpaired) electrons. The Balaban J connectivity index is 1.61. The number of nitrogens with zero attached hydrogens (tertiary/aromatic N) is 2. The van der Waals surface area contributed by atoms with Crippen LogP contribution in [0.1, 0.15) is 23.8 Å². The molecule has 5 nitrogen and oxygen atoms in total. The van der Waals surface area contributed by atoms with E-state index in [1.54, 1.807) is 11.3 Å². The summed E-state index contributed by atoms with van der Waals surface area (Å²) in [6, 6.07) is 2.88. The molecular formula is C19H17F2N3O2S. The van der Waals surface area contributed by atoms with Crippen molar-refractivity contribution in [2.45, 2.75) is 32.7 Å². The molecular weight excluding hydrogens is 372 g/mol. The number of aromatic nitrogens is 2. The Morgan fingerprint density at radius 1 is 1.41 bits per heavy atom. The van der Waals surface area contributed by atoms with Crippen molar-refractivity contribution >= 4 is 33.1 Å². The van der Waals surface area contributed by atoms with Gasteiger partial charge in [0.05, 0.1) is 17.4 Å². The quantitative estimate of drug-likeness (QED) is 0.746. The van der Waals surface area contributed by atoms with E-state index in [0.29, 0.717) is 22.2 Å². The van der Waals surface area contributed by atoms with Crippen molar-refractivity contribution in [3.63, 3.8) is 0 Å². The Kier molecular flexibility index (Phi) is 4.51. The minimum atomic E-state index is -0.870. The summed E-state index contributed by atoms with van der Waals surface area (Å²) < 4.78 is 27.9. The van der Waals surface area contributed by atoms with Gasteiger partial charge in [0.2, 0.25) is 5.91 Å². The smallest absolute Gasteiger partial charge is 0.262 e. The van der Waals surface area contributed by atoms with E-state index < -0.39 is 17.5 Å². The minimum absolute atomic E-state index is 0.134. The van der Waals surface area contributed by atoms with E-state index >= 15 is 0 Å². The van der Waals surface area contributed by atoms with Crippen LogP contribution in [-0.2, 0) is 24.2 Å². The van der Waals surface area contributed by atoms with Gasteiger partial charge in [0.15, 0.2) is 0 Å². The van der Waals surface area contributed by atoms with Crippen molar-refractivity contribution < 1.29 is 13.6 Å². The highest BCUT2D eigenvalue weighted by atomic mass is 32.1. The van der Waals surface area contributed by atoms with Crippen molar-refractivity contribution in [2.24, 2.45) is 5.92 Å². The molecule has 27 heavy (non-hydrogen) atoms. The highest BCUT2D eigenvalue weighted by Gasteiger charge is 2.23. The molecule has 1 aliphatic rings. The summed E-state index contributed by atoms with van der Waals surface area (Å²) >= 11 is 1.54. The van der Waals surface area contributed by atoms with Crippen LogP contribution < -0.4 is 10.9 Å². The van der Waals surface area contributed by atoms with Gasteiger partial charge in [0.25, 0.3) is 5.56 Å². The fourth-order valence-electron chi connectivity index (χ4n) is 3.41. The van der Waals surface area contributed by atoms with Crippen molar-refractivity contribution in [3.05, 3.63) is 57.0 Å². The van der Waals surface area contributed by atoms with Gasteiger partial charge in [-0.15, -0.1) is 11.3 Å². The predicted octanol–water partition coefficient (Wildman–Crippen LogP) is 3.50. The summed E-state index contributed by atoms with van der Waals surface area (Å²) in [6.07, 6.45) is 4.15. The third-order valence-electron chi connectivity index (χ3n) is 4.80. The SMILES string of the molecule is C[C@@H]1CCc2c(sc3ncn(CC(=O)Nc4ccc(F)cc4F)c(=O)c23)C1. The van der Waals surface area contributed by atoms with E-state index in [9.17, 15) is 18.4 Å². The molecule has 0 bridgehead atoms. The monoisotopic (exact) mass is 389 g/mol. The second kappa shape index (κ2) is 6.84. The molecule has 0 spiro atoms. The lowest BCUT2D eigenvalue weighted by molar-refractivity contribution is -0.116. The molecule has 1 amide bonds. The third kappa shape index (κ3) is 3.37. The number of fused-ring (bicyclic) bond motifs is 3. The van der Waals surface area contributed by atoms with E-state index in [0.717, 1.165) is 37.0 Å². The predicted molar refractivity (Wildman–Crippen MR) is 100 cm³/mol. The van der Waals surface area contributed by atoms with Crippen molar-refractivity contribution in [2.75, 3.05) is 5.32 Å². The molecule has 2 heterocycles. The first kappa shape index (κ1) is 17.8. The number of amides is 1. The van der Waals surface area contributed by atoms with Crippen LogP contribution in [0.5, 0.6) is 0 Å². The number of benzene rings is 1. The lowest BCUT2D eigenvalue weighted by Crippen LogP contribution is -2.28. The van der Waals surface area contributed by atoms with Crippen molar-refractivity contribution in [1.82, 2.24) is 9.55 Å². The first-order valence-electron chi connectivity index (χ1n) is 8.67. The van der Waals surface area contributed by atoms with Gasteiger partial charge >= 0.3 is 0 Å². The molecule has 140 valence electrons. The van der Waals surface area contributed by atoms with Crippen LogP contribution in [-0.4, -0.2) is 15.5 Å². The minimum Gasteiger partial charge on any atom is -0.322 e. The normalized spacial score (nSPS) is 16.3. The maximum atomic E-state index is 13.7. The summed E-state index contributed by atoms with van der Waals surface area (Å²) in [7, 11) is 0. The number of nitrogens with one attached hydrogen (secondary N) is 1. The summed E-state index contributed by atoms with van der Waals surface area (Å²) in [5.41, 5.74) is 0.650. The Hall–Kier alpha value is -2.61. The number of carbonyl (C=O) groups excluding carboxylic acids is 1. The van der Waals surface area contributed by atoms with Gasteiger partial charge in [-0.1, -0.05) is 6.92 Å². The number of hydrogen-bond donors (Lipinski definition) is 1. The zero-order valence-corrected chi connectivity index (χ0v) is 15.4. The molecule has 0 saturated heterocycles. The van der Waals surface area contributed by atoms with E-state index in [4.69, 9.17) is 0 Å². The number of anilines is 1. The van der Waals surface area contributed by atoms with Gasteiger partial charge in [-0.3, -0.25) is 14.2 Å². The zero-order valence-electron chi connectivity index (χ0n) is 14.6. The Morgan fingerprint density at radius 2 is 2.22 bits per heavy atom. The zero-order chi connectivity index (χ0) is 19.1. The summed E-state index contributed by atoms with van der Waals surface area (Å²) in [4.78, 5) is 31.3. The van der Waals surface area contributed by atoms with Crippen LogP contribution in [0.3, 0.4) is 0 Å². The van der Waals surface area contributed by atoms with E-state index in [1.165, 1.54) is 15.8 Å². The van der Waals surface area contributed by atoms with Crippen LogP contribution >= 0.6 is 11.3 Å². The molecule has 8 heteroatoms. The summed E-state index contributed by atoms with van der Waals surface area (Å²) in [5, 5.41) is 2.95. The number of carbonyl (C=O) groups is 1. The topological polar surface area (TPSA) is 64.0 Å². The average Bonchev–Trinajstić information content (AvgIpc) is 2.98. The van der Waals surface area contributed by atoms with E-state index in [-0.39, 0.29) is 17.8 Å². The molecule has 1 aromatic carbocycles. The van der Waals surface area contributed by atoms with Gasteiger partial charge in [-0.2, -0.15) is 0 Å². The lowest BCUT2D eigenvalue weighted by Gasteiger charge is -2.17. The fraction of sp³-hybridized carbons (Fsp3) is 0.316. The molecule has 0 aliphatic heterocycles. The second-order valence-electron chi connectivity index (χ2n) is 6.88. The Morgan fingerprint density at radius 3 is 3.00 bits per heavy atom. The Bertz CT molecular complexity index is 1110. The first-order valence-corrected chi connectivity index (χ1v) is 9.48.